The fourth-order valence-corrected chi connectivity index (χ4v) is 3.40. The number of amides is 1. The molecule has 0 saturated heterocycles. The smallest absolute Gasteiger partial charge is 0.255 e. The first-order valence-corrected chi connectivity index (χ1v) is 8.18. The lowest BCUT2D eigenvalue weighted by atomic mass is 10.2. The van der Waals surface area contributed by atoms with Crippen LogP contribution in [0.4, 0.5) is 5.82 Å². The Balaban J connectivity index is 2.06. The van der Waals surface area contributed by atoms with Crippen molar-refractivity contribution in [3.05, 3.63) is 22.3 Å². The van der Waals surface area contributed by atoms with Gasteiger partial charge in [-0.1, -0.05) is 0 Å². The molecule has 1 saturated carbocycles. The number of rotatable bonds is 4. The van der Waals surface area contributed by atoms with Crippen LogP contribution < -0.4 is 16.6 Å². The van der Waals surface area contributed by atoms with E-state index in [4.69, 9.17) is 5.84 Å². The van der Waals surface area contributed by atoms with Gasteiger partial charge in [-0.05, 0) is 47.5 Å². The standard InChI is InChI=1S/C12H17BrN4OS/c1-19-9-3-2-8(5-9)16-12(18)10-4-7(13)6-15-11(10)17-14/h4,6,8-9H,2-3,5,14H2,1H3,(H,15,17)(H,16,18). The van der Waals surface area contributed by atoms with E-state index in [0.717, 1.165) is 23.7 Å². The highest BCUT2D eigenvalue weighted by Gasteiger charge is 2.26. The van der Waals surface area contributed by atoms with Crippen LogP contribution in [0.5, 0.6) is 0 Å². The summed E-state index contributed by atoms with van der Waals surface area (Å²) < 4.78 is 0.755. The minimum absolute atomic E-state index is 0.131. The number of thioether (sulfide) groups is 1. The minimum atomic E-state index is -0.131. The number of nitrogens with two attached hydrogens (primary N) is 1. The first-order chi connectivity index (χ1) is 9.13. The van der Waals surface area contributed by atoms with E-state index in [1.54, 1.807) is 12.3 Å². The van der Waals surface area contributed by atoms with Gasteiger partial charge in [-0.25, -0.2) is 10.8 Å². The third-order valence-corrected chi connectivity index (χ3v) is 4.82. The summed E-state index contributed by atoms with van der Waals surface area (Å²) in [5, 5.41) is 3.70. The van der Waals surface area contributed by atoms with Gasteiger partial charge in [0.15, 0.2) is 5.82 Å². The molecule has 1 aliphatic carbocycles. The van der Waals surface area contributed by atoms with Crippen molar-refractivity contribution in [2.75, 3.05) is 11.7 Å². The zero-order valence-corrected chi connectivity index (χ0v) is 13.1. The van der Waals surface area contributed by atoms with E-state index >= 15 is 0 Å². The van der Waals surface area contributed by atoms with Gasteiger partial charge < -0.3 is 10.7 Å². The number of hydrogen-bond donors (Lipinski definition) is 3. The summed E-state index contributed by atoms with van der Waals surface area (Å²) in [4.78, 5) is 16.3. The Bertz CT molecular complexity index is 471. The predicted molar refractivity (Wildman–Crippen MR) is 82.2 cm³/mol. The SMILES string of the molecule is CSC1CCC(NC(=O)c2cc(Br)cnc2NN)C1. The maximum absolute atomic E-state index is 12.3. The lowest BCUT2D eigenvalue weighted by Crippen LogP contribution is -2.34. The van der Waals surface area contributed by atoms with Crippen LogP contribution in [-0.2, 0) is 0 Å². The van der Waals surface area contributed by atoms with Crippen LogP contribution in [0.1, 0.15) is 29.6 Å². The number of hydrazine groups is 1. The van der Waals surface area contributed by atoms with E-state index in [0.29, 0.717) is 16.6 Å². The van der Waals surface area contributed by atoms with Crippen LogP contribution in [-0.4, -0.2) is 28.4 Å². The van der Waals surface area contributed by atoms with Gasteiger partial charge in [0.2, 0.25) is 0 Å². The normalized spacial score (nSPS) is 22.3. The molecule has 2 rings (SSSR count). The molecule has 5 nitrogen and oxygen atoms in total. The van der Waals surface area contributed by atoms with Crippen LogP contribution >= 0.6 is 27.7 Å². The molecule has 1 aliphatic rings. The van der Waals surface area contributed by atoms with Crippen molar-refractivity contribution >= 4 is 39.4 Å². The van der Waals surface area contributed by atoms with Crippen molar-refractivity contribution in [1.82, 2.24) is 10.3 Å². The van der Waals surface area contributed by atoms with Crippen molar-refractivity contribution in [3.63, 3.8) is 0 Å². The van der Waals surface area contributed by atoms with Crippen molar-refractivity contribution < 1.29 is 4.79 Å². The third-order valence-electron chi connectivity index (χ3n) is 3.29. The minimum Gasteiger partial charge on any atom is -0.349 e. The predicted octanol–water partition coefficient (Wildman–Crippen LogP) is 2.14. The Kier molecular flexibility index (Phi) is 5.06. The number of pyridine rings is 1. The molecule has 19 heavy (non-hydrogen) atoms. The van der Waals surface area contributed by atoms with E-state index in [2.05, 4.69) is 37.9 Å². The molecule has 1 heterocycles. The Labute approximate surface area is 125 Å². The molecule has 1 fully saturated rings. The number of nitrogens with one attached hydrogen (secondary N) is 2. The highest BCUT2D eigenvalue weighted by atomic mass is 79.9. The van der Waals surface area contributed by atoms with E-state index in [1.807, 2.05) is 11.8 Å². The molecule has 0 spiro atoms. The molecule has 0 aliphatic heterocycles. The average Bonchev–Trinajstić information content (AvgIpc) is 2.86. The second kappa shape index (κ2) is 6.58. The van der Waals surface area contributed by atoms with Crippen LogP contribution in [0.2, 0.25) is 0 Å². The molecule has 1 amide bonds. The molecular weight excluding hydrogens is 328 g/mol. The first-order valence-electron chi connectivity index (χ1n) is 6.10. The topological polar surface area (TPSA) is 80.0 Å². The quantitative estimate of drug-likeness (QED) is 0.576. The number of nitrogens with zero attached hydrogens (tertiary/aromatic N) is 1. The van der Waals surface area contributed by atoms with Crippen LogP contribution in [0, 0.1) is 0 Å². The Morgan fingerprint density at radius 2 is 2.37 bits per heavy atom. The zero-order valence-electron chi connectivity index (χ0n) is 10.6. The molecule has 0 aromatic carbocycles. The van der Waals surface area contributed by atoms with Crippen LogP contribution in [0.3, 0.4) is 0 Å². The van der Waals surface area contributed by atoms with Gasteiger partial charge in [-0.2, -0.15) is 11.8 Å². The number of anilines is 1. The number of hydrogen-bond acceptors (Lipinski definition) is 5. The molecule has 1 aromatic heterocycles. The third kappa shape index (κ3) is 3.61. The molecule has 2 atom stereocenters. The fraction of sp³-hybridized carbons (Fsp3) is 0.500. The molecule has 0 radical (unpaired) electrons. The zero-order chi connectivity index (χ0) is 13.8. The summed E-state index contributed by atoms with van der Waals surface area (Å²) in [5.41, 5.74) is 2.91. The number of carbonyl (C=O) groups excluding carboxylic acids is 1. The van der Waals surface area contributed by atoms with Gasteiger partial charge in [-0.3, -0.25) is 4.79 Å². The molecule has 4 N–H and O–H groups in total. The van der Waals surface area contributed by atoms with E-state index in [-0.39, 0.29) is 11.9 Å². The molecule has 0 bridgehead atoms. The highest BCUT2D eigenvalue weighted by molar-refractivity contribution is 9.10. The molecular formula is C12H17BrN4OS. The van der Waals surface area contributed by atoms with E-state index in [9.17, 15) is 4.79 Å². The number of nitrogen functional groups attached to an aromatic ring is 1. The Hall–Kier alpha value is -0.790. The second-order valence-electron chi connectivity index (χ2n) is 4.54. The summed E-state index contributed by atoms with van der Waals surface area (Å²) in [6.45, 7) is 0. The summed E-state index contributed by atoms with van der Waals surface area (Å²) in [7, 11) is 0. The van der Waals surface area contributed by atoms with Crippen LogP contribution in [0.25, 0.3) is 0 Å². The van der Waals surface area contributed by atoms with Crippen molar-refractivity contribution in [3.8, 4) is 0 Å². The maximum Gasteiger partial charge on any atom is 0.255 e. The van der Waals surface area contributed by atoms with Gasteiger partial charge in [0.05, 0.1) is 5.56 Å². The van der Waals surface area contributed by atoms with Gasteiger partial charge >= 0.3 is 0 Å². The Morgan fingerprint density at radius 3 is 3.00 bits per heavy atom. The summed E-state index contributed by atoms with van der Waals surface area (Å²) in [5.74, 6) is 5.64. The van der Waals surface area contributed by atoms with E-state index < -0.39 is 0 Å². The fourth-order valence-electron chi connectivity index (χ4n) is 2.28. The monoisotopic (exact) mass is 344 g/mol. The van der Waals surface area contributed by atoms with Gasteiger partial charge in [0.25, 0.3) is 5.91 Å². The van der Waals surface area contributed by atoms with E-state index in [1.165, 1.54) is 0 Å². The van der Waals surface area contributed by atoms with Crippen molar-refractivity contribution in [1.29, 1.82) is 0 Å². The van der Waals surface area contributed by atoms with Gasteiger partial charge in [0.1, 0.15) is 0 Å². The Morgan fingerprint density at radius 1 is 1.58 bits per heavy atom. The molecule has 7 heteroatoms. The molecule has 1 aromatic rings. The van der Waals surface area contributed by atoms with Crippen molar-refractivity contribution in [2.24, 2.45) is 5.84 Å². The van der Waals surface area contributed by atoms with Crippen LogP contribution in [0.15, 0.2) is 16.7 Å². The van der Waals surface area contributed by atoms with Gasteiger partial charge in [0, 0.05) is 22.0 Å². The first kappa shape index (κ1) is 14.6. The lowest BCUT2D eigenvalue weighted by Gasteiger charge is -2.14. The average molecular weight is 345 g/mol. The second-order valence-corrected chi connectivity index (χ2v) is 6.59. The summed E-state index contributed by atoms with van der Waals surface area (Å²) in [6, 6.07) is 1.97. The lowest BCUT2D eigenvalue weighted by molar-refractivity contribution is 0.0938. The number of aromatic nitrogens is 1. The number of carbonyl (C=O) groups is 1. The molecule has 2 unspecified atom stereocenters. The largest absolute Gasteiger partial charge is 0.349 e. The summed E-state index contributed by atoms with van der Waals surface area (Å²) in [6.07, 6.45) is 6.93. The van der Waals surface area contributed by atoms with Crippen molar-refractivity contribution in [2.45, 2.75) is 30.6 Å². The van der Waals surface area contributed by atoms with Gasteiger partial charge in [-0.15, -0.1) is 0 Å². The summed E-state index contributed by atoms with van der Waals surface area (Å²) >= 11 is 5.18. The number of halogens is 1. The highest BCUT2D eigenvalue weighted by Crippen LogP contribution is 2.28. The molecule has 104 valence electrons. The maximum atomic E-state index is 12.3.